The second-order valence-corrected chi connectivity index (χ2v) is 20.9. The molecule has 4 fully saturated rings. The second kappa shape index (κ2) is 16.8. The number of carbonyl (C=O) groups excluding carboxylic acids is 1. The number of amides is 1. The van der Waals surface area contributed by atoms with E-state index in [4.69, 9.17) is 18.2 Å². The van der Waals surface area contributed by atoms with Crippen molar-refractivity contribution in [3.05, 3.63) is 23.8 Å². The van der Waals surface area contributed by atoms with Crippen molar-refractivity contribution in [2.45, 2.75) is 129 Å². The molecular formula is C36H59NO16S3. The van der Waals surface area contributed by atoms with E-state index >= 15 is 0 Å². The van der Waals surface area contributed by atoms with Crippen molar-refractivity contribution in [3.8, 4) is 0 Å². The second-order valence-electron chi connectivity index (χ2n) is 17.3. The number of fused-ring (bicyclic) bond motifs is 5. The molecule has 5 rings (SSSR count). The molecule has 0 spiro atoms. The summed E-state index contributed by atoms with van der Waals surface area (Å²) in [6.07, 6.45) is 1.59. The van der Waals surface area contributed by atoms with Crippen LogP contribution in [-0.4, -0.2) is 110 Å². The van der Waals surface area contributed by atoms with Crippen LogP contribution in [0.25, 0.3) is 0 Å². The van der Waals surface area contributed by atoms with E-state index in [2.05, 4.69) is 42.4 Å². The van der Waals surface area contributed by atoms with Gasteiger partial charge in [0.25, 0.3) is 10.1 Å². The molecule has 1 aliphatic heterocycles. The van der Waals surface area contributed by atoms with Crippen molar-refractivity contribution in [3.63, 3.8) is 0 Å². The van der Waals surface area contributed by atoms with Crippen molar-refractivity contribution in [1.82, 2.24) is 5.32 Å². The van der Waals surface area contributed by atoms with Gasteiger partial charge in [0.15, 0.2) is 6.29 Å². The minimum absolute atomic E-state index is 0.0456. The van der Waals surface area contributed by atoms with Crippen LogP contribution in [0.5, 0.6) is 0 Å². The first kappa shape index (κ1) is 45.5. The third-order valence-corrected chi connectivity index (χ3v) is 15.5. The summed E-state index contributed by atoms with van der Waals surface area (Å²) < 4.78 is 118. The summed E-state index contributed by atoms with van der Waals surface area (Å²) in [7, 11) is -13.9. The lowest BCUT2D eigenvalue weighted by Gasteiger charge is -2.59. The summed E-state index contributed by atoms with van der Waals surface area (Å²) in [5.74, 6) is -1.08. The molecule has 5 aliphatic rings. The van der Waals surface area contributed by atoms with Gasteiger partial charge >= 0.3 is 20.8 Å². The fourth-order valence-electron chi connectivity index (χ4n) is 10.7. The largest absolute Gasteiger partial charge is 0.397 e. The van der Waals surface area contributed by atoms with E-state index < -0.39 is 90.9 Å². The molecule has 1 unspecified atom stereocenters. The highest BCUT2D eigenvalue weighted by atomic mass is 32.3. The van der Waals surface area contributed by atoms with E-state index in [-0.39, 0.29) is 59.8 Å². The Labute approximate surface area is 330 Å². The van der Waals surface area contributed by atoms with Crippen LogP contribution in [0.2, 0.25) is 0 Å². The first-order valence-electron chi connectivity index (χ1n) is 19.3. The van der Waals surface area contributed by atoms with Crippen LogP contribution in [0, 0.1) is 52.3 Å². The molecule has 0 bridgehead atoms. The van der Waals surface area contributed by atoms with E-state index in [1.165, 1.54) is 12.5 Å². The van der Waals surface area contributed by atoms with Gasteiger partial charge in [-0.15, -0.1) is 0 Å². The van der Waals surface area contributed by atoms with Crippen LogP contribution < -0.4 is 5.32 Å². The van der Waals surface area contributed by atoms with Crippen LogP contribution in [0.15, 0.2) is 23.8 Å². The molecule has 6 N–H and O–H groups in total. The summed E-state index contributed by atoms with van der Waals surface area (Å²) >= 11 is 0. The quantitative estimate of drug-likeness (QED) is 0.108. The summed E-state index contributed by atoms with van der Waals surface area (Å²) in [5, 5.41) is 24.5. The fourth-order valence-corrected chi connectivity index (χ4v) is 12.2. The highest BCUT2D eigenvalue weighted by molar-refractivity contribution is 7.85. The van der Waals surface area contributed by atoms with Crippen LogP contribution in [0.4, 0.5) is 0 Å². The Balaban J connectivity index is 1.36. The first-order valence-corrected chi connectivity index (χ1v) is 23.7. The highest BCUT2D eigenvalue weighted by Gasteiger charge is 2.61. The number of hydrogen-bond acceptors (Lipinski definition) is 13. The Kier molecular flexibility index (Phi) is 13.7. The zero-order valence-corrected chi connectivity index (χ0v) is 35.1. The first-order chi connectivity index (χ1) is 25.7. The number of aliphatic hydroxyl groups excluding tert-OH is 2. The molecule has 322 valence electrons. The van der Waals surface area contributed by atoms with E-state index in [9.17, 15) is 49.4 Å². The molecule has 16 atom stereocenters. The molecule has 3 saturated carbocycles. The predicted molar refractivity (Wildman–Crippen MR) is 201 cm³/mol. The molecule has 1 amide bonds. The third-order valence-electron chi connectivity index (χ3n) is 13.8. The zero-order valence-electron chi connectivity index (χ0n) is 32.6. The zero-order chi connectivity index (χ0) is 41.8. The molecule has 0 aromatic rings. The number of nitrogens with one attached hydrogen (secondary N) is 1. The average molecular weight is 858 g/mol. The number of rotatable bonds is 14. The average Bonchev–Trinajstić information content (AvgIpc) is 3.43. The van der Waals surface area contributed by atoms with Gasteiger partial charge < -0.3 is 25.0 Å². The molecular weight excluding hydrogens is 799 g/mol. The van der Waals surface area contributed by atoms with E-state index in [1.807, 2.05) is 13.0 Å². The molecule has 1 heterocycles. The lowest BCUT2D eigenvalue weighted by Crippen LogP contribution is -2.61. The normalized spacial score (nSPS) is 40.8. The number of ether oxygens (including phenoxy) is 2. The third kappa shape index (κ3) is 10.1. The maximum absolute atomic E-state index is 12.7. The monoisotopic (exact) mass is 857 g/mol. The lowest BCUT2D eigenvalue weighted by atomic mass is 9.47. The van der Waals surface area contributed by atoms with Crippen LogP contribution in [0.3, 0.4) is 0 Å². The summed E-state index contributed by atoms with van der Waals surface area (Å²) in [6.45, 7) is 11.5. The summed E-state index contributed by atoms with van der Waals surface area (Å²) in [5.41, 5.74) is 0.665. The Hall–Kier alpha value is -1.56. The van der Waals surface area contributed by atoms with E-state index in [1.54, 1.807) is 6.92 Å². The molecule has 17 nitrogen and oxygen atoms in total. The van der Waals surface area contributed by atoms with Gasteiger partial charge in [-0.3, -0.25) is 18.5 Å². The maximum atomic E-state index is 12.7. The van der Waals surface area contributed by atoms with Crippen LogP contribution >= 0.6 is 0 Å². The van der Waals surface area contributed by atoms with E-state index in [0.717, 1.165) is 19.3 Å². The summed E-state index contributed by atoms with van der Waals surface area (Å²) in [6, 6.07) is 0. The highest BCUT2D eigenvalue weighted by Crippen LogP contribution is 2.67. The van der Waals surface area contributed by atoms with Gasteiger partial charge in [0.05, 0.1) is 24.1 Å². The summed E-state index contributed by atoms with van der Waals surface area (Å²) in [4.78, 5) is 12.7. The van der Waals surface area contributed by atoms with Gasteiger partial charge in [-0.1, -0.05) is 58.4 Å². The smallest absolute Gasteiger partial charge is 0.387 e. The Morgan fingerprint density at radius 2 is 1.61 bits per heavy atom. The van der Waals surface area contributed by atoms with Gasteiger partial charge in [-0.05, 0) is 98.2 Å². The van der Waals surface area contributed by atoms with Crippen molar-refractivity contribution < 1.29 is 71.8 Å². The van der Waals surface area contributed by atoms with Crippen molar-refractivity contribution in [2.24, 2.45) is 52.3 Å². The maximum Gasteiger partial charge on any atom is 0.397 e. The number of aliphatic hydroxyl groups is 2. The van der Waals surface area contributed by atoms with Gasteiger partial charge in [0.2, 0.25) is 5.91 Å². The van der Waals surface area contributed by atoms with Crippen molar-refractivity contribution in [2.75, 3.05) is 12.3 Å². The topological polar surface area (TPSA) is 270 Å². The molecule has 4 aliphatic carbocycles. The van der Waals surface area contributed by atoms with Gasteiger partial charge in [-0.2, -0.15) is 25.3 Å². The minimum atomic E-state index is -4.99. The van der Waals surface area contributed by atoms with Crippen molar-refractivity contribution >= 4 is 36.8 Å². The SMILES string of the molecule is C[C@H](/C=C/[C@@H](C)[C@@H](C)C(=O)NCCS(=O)(=O)O)[C@H]1CC[C@H]2[C@@H]3C[C@H](O[C@@H]4O[C@H](C)[C@@H](OS(=O)(=O)O)[C@H](O)[C@H]4O)C4C[C@@H](OS(=O)(=O)O)CC[C@]4(C)C3=CC[C@]12C. The van der Waals surface area contributed by atoms with Crippen molar-refractivity contribution in [1.29, 1.82) is 0 Å². The molecule has 0 aromatic heterocycles. The Bertz CT molecular complexity index is 1840. The molecule has 1 saturated heterocycles. The molecule has 20 heteroatoms. The Morgan fingerprint density at radius 1 is 0.946 bits per heavy atom. The molecule has 0 radical (unpaired) electrons. The van der Waals surface area contributed by atoms with E-state index in [0.29, 0.717) is 19.3 Å². The van der Waals surface area contributed by atoms with Gasteiger partial charge in [-0.25, -0.2) is 8.37 Å². The number of carbonyl (C=O) groups is 1. The number of hydrogen-bond donors (Lipinski definition) is 6. The Morgan fingerprint density at radius 3 is 2.23 bits per heavy atom. The minimum Gasteiger partial charge on any atom is -0.387 e. The lowest BCUT2D eigenvalue weighted by molar-refractivity contribution is -0.312. The molecule has 0 aromatic carbocycles. The van der Waals surface area contributed by atoms with Gasteiger partial charge in [0.1, 0.15) is 18.3 Å². The standard InChI is InChI=1S/C36H59NO16S3/c1-19(21(3)33(40)37-15-16-54(41,42)43)7-8-20(2)25-9-10-26-24-18-29(51-34-31(39)30(38)32(22(4)50-34)53-56(47,48)49)28-17-23(52-55(44,45)46)11-13-36(28,6)27(24)12-14-35(25,26)5/h7-8,12,19-26,28-32,34,38-39H,9-11,13-18H2,1-6H3,(H,37,40)(H,41,42,43)(H,44,45,46)(H,47,48,49)/b8-7+/t19-,20-,21-,22-,23+,24+,25-,26+,28?,29+,30-,31-,32-,34+,35-,36-/m1/s1. The predicted octanol–water partition coefficient (Wildman–Crippen LogP) is 2.87. The van der Waals surface area contributed by atoms with Gasteiger partial charge in [0, 0.05) is 12.5 Å². The molecule has 56 heavy (non-hydrogen) atoms. The van der Waals surface area contributed by atoms with Crippen LogP contribution in [0.1, 0.15) is 86.5 Å². The number of allylic oxidation sites excluding steroid dienone is 4. The van der Waals surface area contributed by atoms with Crippen LogP contribution in [-0.2, 0) is 53.6 Å². The fraction of sp³-hybridized carbons (Fsp3) is 0.861.